The van der Waals surface area contributed by atoms with Gasteiger partial charge >= 0.3 is 0 Å². The Hall–Kier alpha value is -4.12. The van der Waals surface area contributed by atoms with Crippen molar-refractivity contribution in [3.8, 4) is 0 Å². The van der Waals surface area contributed by atoms with Crippen LogP contribution in [0.3, 0.4) is 0 Å². The van der Waals surface area contributed by atoms with Gasteiger partial charge < -0.3 is 20.2 Å². The molecule has 1 aromatic rings. The third-order valence-electron chi connectivity index (χ3n) is 9.04. The third kappa shape index (κ3) is 13.8. The van der Waals surface area contributed by atoms with Crippen LogP contribution in [0.15, 0.2) is 83.7 Å². The highest BCUT2D eigenvalue weighted by Gasteiger charge is 2.44. The molecule has 0 aromatic carbocycles. The largest absolute Gasteiger partial charge is 0.389 e. The number of hydrogen-bond donors (Lipinski definition) is 2. The number of aromatic nitrogens is 1. The van der Waals surface area contributed by atoms with Gasteiger partial charge in [0.1, 0.15) is 6.17 Å². The summed E-state index contributed by atoms with van der Waals surface area (Å²) < 4.78 is 0. The highest BCUT2D eigenvalue weighted by molar-refractivity contribution is 5.83. The molecule has 52 heavy (non-hydrogen) atoms. The smallest absolute Gasteiger partial charge is 0.240 e. The van der Waals surface area contributed by atoms with Crippen molar-refractivity contribution >= 4 is 24.3 Å². The molecular weight excluding hydrogens is 652 g/mol. The summed E-state index contributed by atoms with van der Waals surface area (Å²) >= 11 is 0. The lowest BCUT2D eigenvalue weighted by Gasteiger charge is -2.48. The van der Waals surface area contributed by atoms with E-state index < -0.39 is 12.3 Å². The molecule has 2 fully saturated rings. The van der Waals surface area contributed by atoms with Gasteiger partial charge in [0.2, 0.25) is 18.2 Å². The number of likely N-dealkylation sites (N-methyl/N-ethyl adjacent to an activating group) is 3. The number of hydrazine groups is 1. The number of aliphatic hydroxyl groups is 1. The molecule has 3 aliphatic carbocycles. The fraction of sp³-hybridized carbons (Fsp3) is 0.524. The molecule has 0 radical (unpaired) electrons. The molecule has 1 aromatic heterocycles. The van der Waals surface area contributed by atoms with Crippen molar-refractivity contribution in [1.82, 2.24) is 30.1 Å². The third-order valence-corrected chi connectivity index (χ3v) is 9.04. The summed E-state index contributed by atoms with van der Waals surface area (Å²) in [7, 11) is 5.38. The van der Waals surface area contributed by atoms with Gasteiger partial charge in [-0.1, -0.05) is 93.5 Å². The van der Waals surface area contributed by atoms with Crippen molar-refractivity contribution < 1.29 is 19.5 Å². The summed E-state index contributed by atoms with van der Waals surface area (Å²) in [6.07, 6.45) is 27.3. The maximum Gasteiger partial charge on any atom is 0.240 e. The van der Waals surface area contributed by atoms with E-state index in [2.05, 4.69) is 65.8 Å². The van der Waals surface area contributed by atoms with Gasteiger partial charge in [0, 0.05) is 39.3 Å². The van der Waals surface area contributed by atoms with Crippen LogP contribution in [0.4, 0.5) is 0 Å². The van der Waals surface area contributed by atoms with Crippen molar-refractivity contribution in [2.24, 2.45) is 0 Å². The van der Waals surface area contributed by atoms with E-state index in [9.17, 15) is 19.5 Å². The lowest BCUT2D eigenvalue weighted by molar-refractivity contribution is -0.181. The minimum absolute atomic E-state index is 0.0380. The van der Waals surface area contributed by atoms with Crippen molar-refractivity contribution in [2.75, 3.05) is 40.8 Å². The van der Waals surface area contributed by atoms with E-state index >= 15 is 0 Å². The molecule has 0 bridgehead atoms. The molecule has 286 valence electrons. The lowest BCUT2D eigenvalue weighted by atomic mass is 10.00. The van der Waals surface area contributed by atoms with Crippen molar-refractivity contribution in [3.63, 3.8) is 0 Å². The minimum Gasteiger partial charge on any atom is -0.389 e. The number of allylic oxidation sites excluding steroid dienone is 7. The fourth-order valence-corrected chi connectivity index (χ4v) is 6.46. The Labute approximate surface area is 313 Å². The van der Waals surface area contributed by atoms with Crippen LogP contribution in [-0.4, -0.2) is 107 Å². The van der Waals surface area contributed by atoms with Crippen LogP contribution in [0.1, 0.15) is 90.8 Å². The molecule has 10 heteroatoms. The van der Waals surface area contributed by atoms with Gasteiger partial charge in [-0.05, 0) is 82.2 Å². The van der Waals surface area contributed by atoms with E-state index in [0.29, 0.717) is 19.3 Å². The predicted molar refractivity (Wildman–Crippen MR) is 213 cm³/mol. The van der Waals surface area contributed by atoms with Gasteiger partial charge in [-0.2, -0.15) is 0 Å². The van der Waals surface area contributed by atoms with Crippen molar-refractivity contribution in [3.05, 3.63) is 94.9 Å². The van der Waals surface area contributed by atoms with Gasteiger partial charge in [0.15, 0.2) is 0 Å². The summed E-state index contributed by atoms with van der Waals surface area (Å²) in [5.74, 6) is -0.120. The standard InChI is InChI=1S/C18H26N4O4.C11H11N.C9H15N.2C2H6/c1-19-10-16-21(12-23)20(2)11-18(26)22(16)14(9-17(19)25)8-13-4-3-5-15(24)7-6-13;1-9-4-2-6-11-10(8-9)5-3-7-12-11;1-10-8-9-6-4-2-3-5-7-9;2*1-2/h4,6-7,12,14-16,24H,3,5,8-11H2,1-2H3;2-7H,8H2,1H3;4,6-7,10H,2-3,5,8H2,1H3;2*1-2H3/t14-,15?,16?;;;;/m0..../s1. The maximum absolute atomic E-state index is 12.8. The van der Waals surface area contributed by atoms with E-state index in [-0.39, 0.29) is 37.4 Å². The summed E-state index contributed by atoms with van der Waals surface area (Å²) in [6, 6.07) is 3.81. The number of nitrogens with one attached hydrogen (secondary N) is 1. The molecule has 5 aliphatic rings. The summed E-state index contributed by atoms with van der Waals surface area (Å²) in [4.78, 5) is 44.5. The number of nitrogens with zero attached hydrogens (tertiary/aromatic N) is 5. The number of amides is 3. The van der Waals surface area contributed by atoms with E-state index in [1.54, 1.807) is 35.0 Å². The Morgan fingerprint density at radius 1 is 1.00 bits per heavy atom. The average Bonchev–Trinajstić information content (AvgIpc) is 3.65. The quantitative estimate of drug-likeness (QED) is 0.348. The van der Waals surface area contributed by atoms with E-state index in [1.807, 2.05) is 53.1 Å². The number of carbonyl (C=O) groups excluding carboxylic acids is 3. The molecule has 3 heterocycles. The van der Waals surface area contributed by atoms with Gasteiger partial charge in [0.25, 0.3) is 0 Å². The maximum atomic E-state index is 12.8. The van der Waals surface area contributed by atoms with Gasteiger partial charge in [0.05, 0.1) is 24.9 Å². The number of pyridine rings is 1. The molecule has 2 N–H and O–H groups in total. The van der Waals surface area contributed by atoms with Crippen LogP contribution >= 0.6 is 0 Å². The topological polar surface area (TPSA) is 109 Å². The van der Waals surface area contributed by atoms with E-state index in [4.69, 9.17) is 0 Å². The highest BCUT2D eigenvalue weighted by atomic mass is 16.3. The molecule has 0 spiro atoms. The predicted octanol–water partition coefficient (Wildman–Crippen LogP) is 6.24. The Balaban J connectivity index is 0.000000297. The molecule has 2 aliphatic heterocycles. The molecule has 10 nitrogen and oxygen atoms in total. The molecular formula is C42H64N6O4. The second-order valence-corrected chi connectivity index (χ2v) is 12.9. The van der Waals surface area contributed by atoms with Crippen LogP contribution in [-0.2, 0) is 20.8 Å². The molecule has 6 rings (SSSR count). The lowest BCUT2D eigenvalue weighted by Crippen LogP contribution is -2.67. The first-order chi connectivity index (χ1) is 25.2. The average molecular weight is 717 g/mol. The number of carbonyl (C=O) groups is 3. The Morgan fingerprint density at radius 2 is 1.75 bits per heavy atom. The molecule has 3 atom stereocenters. The number of hydrogen-bond acceptors (Lipinski definition) is 7. The van der Waals surface area contributed by atoms with E-state index in [0.717, 1.165) is 30.7 Å². The van der Waals surface area contributed by atoms with Gasteiger partial charge in [-0.3, -0.25) is 24.4 Å². The SMILES string of the molecule is CC.CC.CC1=CC=Cc2ncccc2C1.CN1CC2N(C(=O)CN(C)N2C=O)[C@@H](CC2=CCCC(O)C=C2)CC1=O.CNCC1=CCCCC=C1. The number of rotatable bonds is 5. The zero-order valence-electron chi connectivity index (χ0n) is 32.9. The summed E-state index contributed by atoms with van der Waals surface area (Å²) in [5, 5.41) is 16.0. The van der Waals surface area contributed by atoms with Crippen molar-refractivity contribution in [1.29, 1.82) is 0 Å². The normalized spacial score (nSPS) is 22.5. The van der Waals surface area contributed by atoms with Crippen LogP contribution < -0.4 is 5.32 Å². The highest BCUT2D eigenvalue weighted by Crippen LogP contribution is 2.28. The fourth-order valence-electron chi connectivity index (χ4n) is 6.46. The molecule has 0 saturated carbocycles. The second-order valence-electron chi connectivity index (χ2n) is 12.9. The van der Waals surface area contributed by atoms with Crippen LogP contribution in [0, 0.1) is 0 Å². The Kier molecular flexibility index (Phi) is 20.5. The van der Waals surface area contributed by atoms with Gasteiger partial charge in [-0.25, -0.2) is 5.01 Å². The van der Waals surface area contributed by atoms with E-state index in [1.165, 1.54) is 41.0 Å². The first-order valence-electron chi connectivity index (χ1n) is 19.0. The first kappa shape index (κ1) is 44.0. The minimum atomic E-state index is -0.499. The van der Waals surface area contributed by atoms with Crippen LogP contribution in [0.2, 0.25) is 0 Å². The Morgan fingerprint density at radius 3 is 2.48 bits per heavy atom. The zero-order valence-corrected chi connectivity index (χ0v) is 32.9. The van der Waals surface area contributed by atoms with Gasteiger partial charge in [-0.15, -0.1) is 0 Å². The number of fused-ring (bicyclic) bond motifs is 2. The molecule has 2 unspecified atom stereocenters. The molecule has 2 saturated heterocycles. The first-order valence-corrected chi connectivity index (χ1v) is 19.0. The summed E-state index contributed by atoms with van der Waals surface area (Å²) in [6.45, 7) is 11.6. The van der Waals surface area contributed by atoms with Crippen LogP contribution in [0.25, 0.3) is 6.08 Å². The second kappa shape index (κ2) is 24.2. The summed E-state index contributed by atoms with van der Waals surface area (Å²) in [5.41, 5.74) is 6.25. The van der Waals surface area contributed by atoms with Crippen LogP contribution in [0.5, 0.6) is 0 Å². The van der Waals surface area contributed by atoms with Crippen molar-refractivity contribution in [2.45, 2.75) is 104 Å². The Bertz CT molecular complexity index is 1460. The number of aliphatic hydroxyl groups excluding tert-OH is 1. The molecule has 3 amide bonds. The zero-order chi connectivity index (χ0) is 38.5. The monoisotopic (exact) mass is 716 g/mol.